The van der Waals surface area contributed by atoms with Crippen LogP contribution in [0.1, 0.15) is 56.7 Å². The van der Waals surface area contributed by atoms with Crippen LogP contribution in [0.5, 0.6) is 0 Å². The number of aliphatic imine (C=N–C) groups is 1. The second-order valence-electron chi connectivity index (χ2n) is 7.25. The summed E-state index contributed by atoms with van der Waals surface area (Å²) in [6.45, 7) is 8.14. The molecule has 0 radical (unpaired) electrons. The standard InChI is InChI=1S/C23H30FN5O2.HI/c1-4-16(5-2)21-13-20(31-29-21)14-27-23(25-6-3)26-12-11-19-15-30-22(28-19)17-7-9-18(24)10-8-17;/h7-10,13,15-16H,4-6,11-12,14H2,1-3H3,(H2,25,26,27);1H. The minimum atomic E-state index is -0.285. The Balaban J connectivity index is 0.00000363. The Morgan fingerprint density at radius 2 is 1.88 bits per heavy atom. The van der Waals surface area contributed by atoms with Gasteiger partial charge >= 0.3 is 0 Å². The first-order chi connectivity index (χ1) is 15.1. The van der Waals surface area contributed by atoms with E-state index in [4.69, 9.17) is 8.94 Å². The molecular formula is C23H31FIN5O2. The van der Waals surface area contributed by atoms with Crippen LogP contribution in [0.3, 0.4) is 0 Å². The Kier molecular flexibility index (Phi) is 10.6. The summed E-state index contributed by atoms with van der Waals surface area (Å²) in [5.74, 6) is 2.07. The third kappa shape index (κ3) is 7.32. The van der Waals surface area contributed by atoms with Crippen molar-refractivity contribution in [3.8, 4) is 11.5 Å². The lowest BCUT2D eigenvalue weighted by molar-refractivity contribution is 0.372. The second kappa shape index (κ2) is 13.2. The van der Waals surface area contributed by atoms with E-state index in [-0.39, 0.29) is 29.8 Å². The monoisotopic (exact) mass is 555 g/mol. The van der Waals surface area contributed by atoms with Gasteiger partial charge in [-0.05, 0) is 44.0 Å². The van der Waals surface area contributed by atoms with Crippen molar-refractivity contribution in [2.24, 2.45) is 4.99 Å². The van der Waals surface area contributed by atoms with Crippen LogP contribution >= 0.6 is 24.0 Å². The summed E-state index contributed by atoms with van der Waals surface area (Å²) in [7, 11) is 0. The van der Waals surface area contributed by atoms with Crippen LogP contribution in [0.4, 0.5) is 4.39 Å². The fourth-order valence-electron chi connectivity index (χ4n) is 3.26. The van der Waals surface area contributed by atoms with Gasteiger partial charge in [0.05, 0.1) is 11.4 Å². The molecule has 0 atom stereocenters. The molecule has 2 heterocycles. The molecule has 3 rings (SSSR count). The lowest BCUT2D eigenvalue weighted by atomic mass is 9.99. The van der Waals surface area contributed by atoms with Crippen LogP contribution in [-0.4, -0.2) is 29.2 Å². The molecule has 0 aliphatic carbocycles. The molecule has 0 unspecified atom stereocenters. The number of aromatic nitrogens is 2. The topological polar surface area (TPSA) is 88.5 Å². The molecule has 3 aromatic rings. The highest BCUT2D eigenvalue weighted by atomic mass is 127. The van der Waals surface area contributed by atoms with Crippen LogP contribution in [0.2, 0.25) is 0 Å². The summed E-state index contributed by atoms with van der Waals surface area (Å²) < 4.78 is 24.0. The molecule has 9 heteroatoms. The van der Waals surface area contributed by atoms with Crippen molar-refractivity contribution in [2.75, 3.05) is 13.1 Å². The summed E-state index contributed by atoms with van der Waals surface area (Å²) in [4.78, 5) is 9.05. The molecule has 1 aromatic carbocycles. The highest BCUT2D eigenvalue weighted by Crippen LogP contribution is 2.22. The van der Waals surface area contributed by atoms with Crippen LogP contribution < -0.4 is 10.6 Å². The average molecular weight is 555 g/mol. The molecule has 2 aromatic heterocycles. The predicted molar refractivity (Wildman–Crippen MR) is 134 cm³/mol. The first-order valence-electron chi connectivity index (χ1n) is 10.8. The average Bonchev–Trinajstić information content (AvgIpc) is 3.44. The van der Waals surface area contributed by atoms with Crippen molar-refractivity contribution < 1.29 is 13.3 Å². The fraction of sp³-hybridized carbons (Fsp3) is 0.435. The maximum atomic E-state index is 13.1. The van der Waals surface area contributed by atoms with Crippen molar-refractivity contribution in [3.05, 3.63) is 59.6 Å². The summed E-state index contributed by atoms with van der Waals surface area (Å²) in [5.41, 5.74) is 2.55. The molecule has 0 bridgehead atoms. The van der Waals surface area contributed by atoms with E-state index in [1.807, 2.05) is 13.0 Å². The molecule has 174 valence electrons. The van der Waals surface area contributed by atoms with Crippen LogP contribution in [0.25, 0.3) is 11.5 Å². The zero-order valence-electron chi connectivity index (χ0n) is 18.7. The molecule has 2 N–H and O–H groups in total. The van der Waals surface area contributed by atoms with Gasteiger partial charge in [0, 0.05) is 37.1 Å². The molecule has 7 nitrogen and oxygen atoms in total. The van der Waals surface area contributed by atoms with Crippen LogP contribution in [0.15, 0.2) is 50.5 Å². The number of nitrogens with zero attached hydrogens (tertiary/aromatic N) is 3. The van der Waals surface area contributed by atoms with Crippen LogP contribution in [-0.2, 0) is 13.0 Å². The molecule has 0 spiro atoms. The van der Waals surface area contributed by atoms with E-state index in [1.54, 1.807) is 18.4 Å². The predicted octanol–water partition coefficient (Wildman–Crippen LogP) is 5.29. The second-order valence-corrected chi connectivity index (χ2v) is 7.25. The van der Waals surface area contributed by atoms with Gasteiger partial charge in [-0.3, -0.25) is 0 Å². The summed E-state index contributed by atoms with van der Waals surface area (Å²) in [6, 6.07) is 8.08. The van der Waals surface area contributed by atoms with Gasteiger partial charge in [-0.1, -0.05) is 19.0 Å². The Morgan fingerprint density at radius 3 is 2.56 bits per heavy atom. The lowest BCUT2D eigenvalue weighted by Gasteiger charge is -2.10. The zero-order chi connectivity index (χ0) is 22.1. The number of hydrogen-bond donors (Lipinski definition) is 2. The zero-order valence-corrected chi connectivity index (χ0v) is 21.1. The maximum absolute atomic E-state index is 13.1. The quantitative estimate of drug-likeness (QED) is 0.201. The molecule has 0 saturated heterocycles. The molecular weight excluding hydrogens is 524 g/mol. The van der Waals surface area contributed by atoms with E-state index in [2.05, 4.69) is 39.6 Å². The maximum Gasteiger partial charge on any atom is 0.226 e. The van der Waals surface area contributed by atoms with Gasteiger partial charge < -0.3 is 19.6 Å². The number of hydrogen-bond acceptors (Lipinski definition) is 5. The van der Waals surface area contributed by atoms with Crippen molar-refractivity contribution in [3.63, 3.8) is 0 Å². The largest absolute Gasteiger partial charge is 0.444 e. The Labute approximate surface area is 205 Å². The molecule has 0 aliphatic rings. The van der Waals surface area contributed by atoms with Gasteiger partial charge in [0.15, 0.2) is 11.7 Å². The van der Waals surface area contributed by atoms with Crippen molar-refractivity contribution in [2.45, 2.75) is 52.5 Å². The summed E-state index contributed by atoms with van der Waals surface area (Å²) in [5, 5.41) is 10.7. The lowest BCUT2D eigenvalue weighted by Crippen LogP contribution is -2.38. The smallest absolute Gasteiger partial charge is 0.226 e. The van der Waals surface area contributed by atoms with E-state index in [0.29, 0.717) is 37.3 Å². The van der Waals surface area contributed by atoms with Crippen LogP contribution in [0, 0.1) is 5.82 Å². The van der Waals surface area contributed by atoms with Gasteiger partial charge in [0.1, 0.15) is 18.6 Å². The summed E-state index contributed by atoms with van der Waals surface area (Å²) in [6.07, 6.45) is 4.37. The van der Waals surface area contributed by atoms with E-state index in [1.165, 1.54) is 12.1 Å². The minimum absolute atomic E-state index is 0. The van der Waals surface area contributed by atoms with Gasteiger partial charge in [-0.15, -0.1) is 24.0 Å². The first kappa shape index (κ1) is 25.8. The fourth-order valence-corrected chi connectivity index (χ4v) is 3.26. The van der Waals surface area contributed by atoms with Gasteiger partial charge in [-0.2, -0.15) is 0 Å². The van der Waals surface area contributed by atoms with Crippen molar-refractivity contribution in [1.82, 2.24) is 20.8 Å². The number of rotatable bonds is 10. The minimum Gasteiger partial charge on any atom is -0.444 e. The third-order valence-electron chi connectivity index (χ3n) is 5.03. The van der Waals surface area contributed by atoms with Crippen molar-refractivity contribution in [1.29, 1.82) is 0 Å². The SMILES string of the molecule is CCNC(=NCc1cc(C(CC)CC)no1)NCCc1coc(-c2ccc(F)cc2)n1.I. The normalized spacial score (nSPS) is 11.5. The highest BCUT2D eigenvalue weighted by molar-refractivity contribution is 14.0. The third-order valence-corrected chi connectivity index (χ3v) is 5.03. The number of oxazole rings is 1. The molecule has 32 heavy (non-hydrogen) atoms. The number of benzene rings is 1. The van der Waals surface area contributed by atoms with E-state index < -0.39 is 0 Å². The van der Waals surface area contributed by atoms with E-state index in [0.717, 1.165) is 42.1 Å². The van der Waals surface area contributed by atoms with E-state index >= 15 is 0 Å². The molecule has 0 aliphatic heterocycles. The van der Waals surface area contributed by atoms with E-state index in [9.17, 15) is 4.39 Å². The van der Waals surface area contributed by atoms with Gasteiger partial charge in [0.2, 0.25) is 5.89 Å². The molecule has 0 amide bonds. The molecule has 0 saturated carbocycles. The summed E-state index contributed by atoms with van der Waals surface area (Å²) >= 11 is 0. The number of nitrogens with one attached hydrogen (secondary N) is 2. The van der Waals surface area contributed by atoms with Crippen molar-refractivity contribution >= 4 is 29.9 Å². The Hall–Kier alpha value is -2.43. The van der Waals surface area contributed by atoms with Gasteiger partial charge in [-0.25, -0.2) is 14.4 Å². The number of halogens is 2. The Bertz CT molecular complexity index is 967. The highest BCUT2D eigenvalue weighted by Gasteiger charge is 2.13. The first-order valence-corrected chi connectivity index (χ1v) is 10.8. The Morgan fingerprint density at radius 1 is 1.12 bits per heavy atom. The molecule has 0 fully saturated rings. The van der Waals surface area contributed by atoms with Gasteiger partial charge in [0.25, 0.3) is 0 Å². The number of guanidine groups is 1.